The number of nitro groups is 1. The van der Waals surface area contributed by atoms with E-state index in [1.165, 1.54) is 6.08 Å². The highest BCUT2D eigenvalue weighted by atomic mass is 16.6. The number of hydrogen-bond donors (Lipinski definition) is 2. The normalized spacial score (nSPS) is 30.6. The number of hydrogen-bond acceptors (Lipinski definition) is 6. The van der Waals surface area contributed by atoms with E-state index < -0.39 is 10.6 Å². The second-order valence-electron chi connectivity index (χ2n) is 4.27. The van der Waals surface area contributed by atoms with Crippen LogP contribution in [0, 0.1) is 10.1 Å². The van der Waals surface area contributed by atoms with Crippen LogP contribution in [-0.4, -0.2) is 41.8 Å². The number of nitrogens with two attached hydrogens (primary N) is 2. The first-order chi connectivity index (χ1) is 8.03. The van der Waals surface area contributed by atoms with Crippen molar-refractivity contribution in [2.24, 2.45) is 11.5 Å². The summed E-state index contributed by atoms with van der Waals surface area (Å²) in [7, 11) is 0. The number of allylic oxidation sites excluding steroid dienone is 1. The minimum atomic E-state index is -0.729. The van der Waals surface area contributed by atoms with Crippen LogP contribution in [0.1, 0.15) is 6.42 Å². The standard InChI is InChI=1S/C10H16N4O3/c11-8-7-10(12,2-1-9(8)14(15)16)13-3-5-17-6-4-13/h1-2H,3-7,11-12H2. The average Bonchev–Trinajstić information content (AvgIpc) is 2.29. The Bertz CT molecular complexity index is 387. The molecule has 7 heteroatoms. The number of rotatable bonds is 2. The molecule has 0 bridgehead atoms. The molecule has 0 aromatic rings. The van der Waals surface area contributed by atoms with Crippen molar-refractivity contribution in [1.82, 2.24) is 4.90 Å². The first-order valence-corrected chi connectivity index (χ1v) is 5.47. The second kappa shape index (κ2) is 4.44. The maximum absolute atomic E-state index is 10.7. The first kappa shape index (κ1) is 12.0. The Kier molecular flexibility index (Phi) is 3.14. The van der Waals surface area contributed by atoms with Gasteiger partial charge in [0.25, 0.3) is 5.70 Å². The van der Waals surface area contributed by atoms with E-state index in [0.29, 0.717) is 26.3 Å². The lowest BCUT2D eigenvalue weighted by Gasteiger charge is -2.41. The van der Waals surface area contributed by atoms with E-state index in [0.717, 1.165) is 0 Å². The van der Waals surface area contributed by atoms with Crippen LogP contribution in [0.4, 0.5) is 0 Å². The molecule has 1 fully saturated rings. The lowest BCUT2D eigenvalue weighted by Crippen LogP contribution is -2.59. The van der Waals surface area contributed by atoms with Crippen molar-refractivity contribution in [3.05, 3.63) is 33.7 Å². The van der Waals surface area contributed by atoms with Crippen LogP contribution in [0.2, 0.25) is 0 Å². The molecule has 1 atom stereocenters. The third-order valence-electron chi connectivity index (χ3n) is 3.13. The summed E-state index contributed by atoms with van der Waals surface area (Å²) in [6.07, 6.45) is 3.33. The van der Waals surface area contributed by atoms with Gasteiger partial charge >= 0.3 is 0 Å². The van der Waals surface area contributed by atoms with E-state index in [4.69, 9.17) is 16.2 Å². The van der Waals surface area contributed by atoms with E-state index in [2.05, 4.69) is 0 Å². The molecule has 17 heavy (non-hydrogen) atoms. The van der Waals surface area contributed by atoms with Crippen LogP contribution in [0.25, 0.3) is 0 Å². The quantitative estimate of drug-likeness (QED) is 0.492. The predicted octanol–water partition coefficient (Wildman–Crippen LogP) is -0.619. The topological polar surface area (TPSA) is 108 Å². The zero-order valence-corrected chi connectivity index (χ0v) is 9.46. The molecule has 1 heterocycles. The fourth-order valence-corrected chi connectivity index (χ4v) is 2.16. The molecule has 1 saturated heterocycles. The summed E-state index contributed by atoms with van der Waals surface area (Å²) in [6.45, 7) is 2.67. The molecule has 0 spiro atoms. The Morgan fingerprint density at radius 1 is 1.47 bits per heavy atom. The fourth-order valence-electron chi connectivity index (χ4n) is 2.16. The van der Waals surface area contributed by atoms with Gasteiger partial charge in [-0.2, -0.15) is 0 Å². The zero-order chi connectivity index (χ0) is 12.5. The van der Waals surface area contributed by atoms with Gasteiger partial charge in [0.15, 0.2) is 0 Å². The molecule has 94 valence electrons. The highest BCUT2D eigenvalue weighted by molar-refractivity contribution is 5.29. The van der Waals surface area contributed by atoms with Crippen LogP contribution >= 0.6 is 0 Å². The van der Waals surface area contributed by atoms with E-state index in [-0.39, 0.29) is 17.8 Å². The summed E-state index contributed by atoms with van der Waals surface area (Å²) in [4.78, 5) is 12.3. The Morgan fingerprint density at radius 3 is 2.65 bits per heavy atom. The van der Waals surface area contributed by atoms with Gasteiger partial charge < -0.3 is 16.2 Å². The van der Waals surface area contributed by atoms with Crippen molar-refractivity contribution in [1.29, 1.82) is 0 Å². The van der Waals surface area contributed by atoms with Crippen molar-refractivity contribution in [2.45, 2.75) is 12.1 Å². The largest absolute Gasteiger partial charge is 0.396 e. The Labute approximate surface area is 98.8 Å². The minimum Gasteiger partial charge on any atom is -0.396 e. The first-order valence-electron chi connectivity index (χ1n) is 5.47. The summed E-state index contributed by atoms with van der Waals surface area (Å²) in [5, 5.41) is 10.7. The van der Waals surface area contributed by atoms with Gasteiger partial charge in [-0.25, -0.2) is 0 Å². The number of nitrogens with zero attached hydrogens (tertiary/aromatic N) is 2. The monoisotopic (exact) mass is 240 g/mol. The predicted molar refractivity (Wildman–Crippen MR) is 61.3 cm³/mol. The van der Waals surface area contributed by atoms with E-state index in [9.17, 15) is 10.1 Å². The van der Waals surface area contributed by atoms with Gasteiger partial charge in [0.05, 0.1) is 29.5 Å². The van der Waals surface area contributed by atoms with Crippen LogP contribution in [0.15, 0.2) is 23.5 Å². The van der Waals surface area contributed by atoms with Gasteiger partial charge in [0.1, 0.15) is 0 Å². The van der Waals surface area contributed by atoms with E-state index in [1.807, 2.05) is 4.90 Å². The van der Waals surface area contributed by atoms with E-state index in [1.54, 1.807) is 6.08 Å². The molecule has 0 radical (unpaired) electrons. The molecule has 1 aliphatic heterocycles. The van der Waals surface area contributed by atoms with Crippen molar-refractivity contribution in [2.75, 3.05) is 26.3 Å². The minimum absolute atomic E-state index is 0.0562. The molecule has 0 amide bonds. The summed E-state index contributed by atoms with van der Waals surface area (Å²) >= 11 is 0. The lowest BCUT2D eigenvalue weighted by molar-refractivity contribution is -0.420. The molecule has 2 rings (SSSR count). The molecular weight excluding hydrogens is 224 g/mol. The summed E-state index contributed by atoms with van der Waals surface area (Å²) in [6, 6.07) is 0. The molecule has 7 nitrogen and oxygen atoms in total. The number of morpholine rings is 1. The maximum Gasteiger partial charge on any atom is 0.287 e. The third kappa shape index (κ3) is 2.31. The molecule has 2 aliphatic rings. The van der Waals surface area contributed by atoms with Crippen LogP contribution < -0.4 is 11.5 Å². The fraction of sp³-hybridized carbons (Fsp3) is 0.600. The smallest absolute Gasteiger partial charge is 0.287 e. The van der Waals surface area contributed by atoms with Crippen LogP contribution in [0.3, 0.4) is 0 Å². The van der Waals surface area contributed by atoms with Crippen molar-refractivity contribution in [3.63, 3.8) is 0 Å². The number of ether oxygens (including phenoxy) is 1. The Hall–Kier alpha value is -1.44. The maximum atomic E-state index is 10.7. The van der Waals surface area contributed by atoms with Gasteiger partial charge in [-0.15, -0.1) is 0 Å². The SMILES string of the molecule is NC1=C([N+](=O)[O-])C=CC(N)(N2CCOCC2)C1. The van der Waals surface area contributed by atoms with E-state index >= 15 is 0 Å². The second-order valence-corrected chi connectivity index (χ2v) is 4.27. The van der Waals surface area contributed by atoms with Crippen LogP contribution in [0.5, 0.6) is 0 Å². The third-order valence-corrected chi connectivity index (χ3v) is 3.13. The highest BCUT2D eigenvalue weighted by Crippen LogP contribution is 2.26. The van der Waals surface area contributed by atoms with Gasteiger partial charge in [-0.05, 0) is 6.08 Å². The summed E-state index contributed by atoms with van der Waals surface area (Å²) in [5.41, 5.74) is 11.4. The highest BCUT2D eigenvalue weighted by Gasteiger charge is 2.36. The van der Waals surface area contributed by atoms with Gasteiger partial charge in [0, 0.05) is 25.6 Å². The molecule has 0 aromatic carbocycles. The van der Waals surface area contributed by atoms with Gasteiger partial charge in [0.2, 0.25) is 0 Å². The molecule has 1 aliphatic carbocycles. The average molecular weight is 240 g/mol. The van der Waals surface area contributed by atoms with Crippen LogP contribution in [-0.2, 0) is 4.74 Å². The summed E-state index contributed by atoms with van der Waals surface area (Å²) in [5.74, 6) is 0. The Balaban J connectivity index is 2.15. The molecule has 0 saturated carbocycles. The zero-order valence-electron chi connectivity index (χ0n) is 9.46. The molecule has 4 N–H and O–H groups in total. The van der Waals surface area contributed by atoms with Gasteiger partial charge in [-0.1, -0.05) is 0 Å². The molecular formula is C10H16N4O3. The van der Waals surface area contributed by atoms with Gasteiger partial charge in [-0.3, -0.25) is 15.0 Å². The Morgan fingerprint density at radius 2 is 2.12 bits per heavy atom. The summed E-state index contributed by atoms with van der Waals surface area (Å²) < 4.78 is 5.25. The van der Waals surface area contributed by atoms with Crippen molar-refractivity contribution in [3.8, 4) is 0 Å². The van der Waals surface area contributed by atoms with Crippen molar-refractivity contribution >= 4 is 0 Å². The molecule has 0 aromatic heterocycles. The lowest BCUT2D eigenvalue weighted by atomic mass is 9.95. The van der Waals surface area contributed by atoms with Crippen molar-refractivity contribution < 1.29 is 9.66 Å². The molecule has 1 unspecified atom stereocenters.